The molecule has 0 saturated carbocycles. The van der Waals surface area contributed by atoms with E-state index in [1.54, 1.807) is 13.8 Å². The fraction of sp³-hybridized carbons (Fsp3) is 0.583. The summed E-state index contributed by atoms with van der Waals surface area (Å²) in [7, 11) is 0. The van der Waals surface area contributed by atoms with Crippen molar-refractivity contribution in [1.29, 1.82) is 0 Å². The first-order chi connectivity index (χ1) is 10.4. The Labute approximate surface area is 139 Å². The maximum Gasteiger partial charge on any atom is 0.435 e. The second-order valence-corrected chi connectivity index (χ2v) is 5.86. The number of carbonyl (C=O) groups is 2. The number of nitrogens with zero attached hydrogens (tertiary/aromatic N) is 2. The van der Waals surface area contributed by atoms with Gasteiger partial charge in [-0.1, -0.05) is 13.8 Å². The molecule has 1 rings (SSSR count). The maximum absolute atomic E-state index is 13.1. The third-order valence-corrected chi connectivity index (χ3v) is 3.23. The van der Waals surface area contributed by atoms with Gasteiger partial charge in [0.15, 0.2) is 5.70 Å². The molecule has 1 heterocycles. The fourth-order valence-corrected chi connectivity index (χ4v) is 2.55. The highest BCUT2D eigenvalue weighted by Gasteiger charge is 2.46. The largest absolute Gasteiger partial charge is 0.739 e. The van der Waals surface area contributed by atoms with Crippen LogP contribution in [0.1, 0.15) is 13.8 Å². The predicted molar refractivity (Wildman–Crippen MR) is 76.6 cm³/mol. The van der Waals surface area contributed by atoms with E-state index >= 15 is 0 Å². The fourth-order valence-electron chi connectivity index (χ4n) is 2.09. The minimum atomic E-state index is -5.19. The van der Waals surface area contributed by atoms with E-state index in [1.165, 1.54) is 0 Å². The Balaban J connectivity index is 3.70. The zero-order valence-corrected chi connectivity index (χ0v) is 13.5. The molecule has 4 nitrogen and oxygen atoms in total. The number of alkyl halides is 5. The van der Waals surface area contributed by atoms with Crippen LogP contribution in [0.4, 0.5) is 22.0 Å². The minimum absolute atomic E-state index is 0.296. The van der Waals surface area contributed by atoms with Gasteiger partial charge in [0.2, 0.25) is 0 Å². The van der Waals surface area contributed by atoms with Crippen LogP contribution in [0.3, 0.4) is 0 Å². The average molecular weight is 374 g/mol. The summed E-state index contributed by atoms with van der Waals surface area (Å²) < 4.78 is 65.4. The maximum atomic E-state index is 13.1. The van der Waals surface area contributed by atoms with E-state index < -0.39 is 46.0 Å². The van der Waals surface area contributed by atoms with Gasteiger partial charge in [-0.05, 0) is 5.92 Å². The molecule has 0 aromatic carbocycles. The summed E-state index contributed by atoms with van der Waals surface area (Å²) in [5, 5.41) is -2.71. The molecule has 0 radical (unpaired) electrons. The SMILES string of the molecule is CC(C)CN1C(C(=O)[S-])=C(C(F)(F)F)N=C(C(F)F)C1C(=O)[S-]. The summed E-state index contributed by atoms with van der Waals surface area (Å²) in [5.74, 6) is -0.359. The zero-order valence-electron chi connectivity index (χ0n) is 11.9. The second kappa shape index (κ2) is 7.04. The Morgan fingerprint density at radius 1 is 1.26 bits per heavy atom. The van der Waals surface area contributed by atoms with E-state index in [0.29, 0.717) is 4.90 Å². The van der Waals surface area contributed by atoms with Crippen LogP contribution < -0.4 is 0 Å². The number of hydrogen-bond donors (Lipinski definition) is 0. The third-order valence-electron chi connectivity index (χ3n) is 2.81. The summed E-state index contributed by atoms with van der Waals surface area (Å²) >= 11 is 8.63. The van der Waals surface area contributed by atoms with Crippen molar-refractivity contribution < 1.29 is 31.5 Å². The zero-order chi connectivity index (χ0) is 18.1. The smallest absolute Gasteiger partial charge is 0.435 e. The second-order valence-electron chi connectivity index (χ2n) is 5.09. The van der Waals surface area contributed by atoms with Crippen molar-refractivity contribution >= 4 is 41.2 Å². The van der Waals surface area contributed by atoms with Gasteiger partial charge in [0.1, 0.15) is 11.8 Å². The molecular weight excluding hydrogens is 363 g/mol. The molecule has 0 saturated heterocycles. The number of hydrogen-bond acceptors (Lipinski definition) is 6. The number of aliphatic imine (C=N–C) groups is 1. The molecule has 0 N–H and O–H groups in total. The van der Waals surface area contributed by atoms with Crippen LogP contribution in [0.15, 0.2) is 16.4 Å². The molecule has 0 fully saturated rings. The Morgan fingerprint density at radius 3 is 2.09 bits per heavy atom. The highest BCUT2D eigenvalue weighted by atomic mass is 32.1. The molecule has 1 unspecified atom stereocenters. The number of rotatable bonds is 5. The number of carbonyl (C=O) groups excluding carboxylic acids is 2. The van der Waals surface area contributed by atoms with E-state index in [-0.39, 0.29) is 12.5 Å². The number of allylic oxidation sites excluding steroid dienone is 1. The summed E-state index contributed by atoms with van der Waals surface area (Å²) in [6, 6.07) is -1.93. The first-order valence-electron chi connectivity index (χ1n) is 6.24. The predicted octanol–water partition coefficient (Wildman–Crippen LogP) is 1.95. The van der Waals surface area contributed by atoms with Crippen molar-refractivity contribution in [3.05, 3.63) is 11.4 Å². The van der Waals surface area contributed by atoms with Gasteiger partial charge in [0, 0.05) is 11.7 Å². The molecule has 0 bridgehead atoms. The molecule has 11 heteroatoms. The monoisotopic (exact) mass is 374 g/mol. The van der Waals surface area contributed by atoms with Crippen molar-refractivity contribution in [1.82, 2.24) is 4.90 Å². The minimum Gasteiger partial charge on any atom is -0.739 e. The quantitative estimate of drug-likeness (QED) is 0.544. The van der Waals surface area contributed by atoms with Crippen LogP contribution >= 0.6 is 0 Å². The Morgan fingerprint density at radius 2 is 1.78 bits per heavy atom. The normalized spacial score (nSPS) is 19.4. The summed E-state index contributed by atoms with van der Waals surface area (Å²) in [6.07, 6.45) is -8.63. The third kappa shape index (κ3) is 4.34. The van der Waals surface area contributed by atoms with Crippen LogP contribution in [0.5, 0.6) is 0 Å². The Bertz CT molecular complexity index is 572. The average Bonchev–Trinajstić information content (AvgIpc) is 2.34. The molecule has 23 heavy (non-hydrogen) atoms. The van der Waals surface area contributed by atoms with Crippen LogP contribution in [0.25, 0.3) is 0 Å². The summed E-state index contributed by atoms with van der Waals surface area (Å²) in [4.78, 5) is 26.5. The topological polar surface area (TPSA) is 49.7 Å². The van der Waals surface area contributed by atoms with Crippen LogP contribution in [0, 0.1) is 5.92 Å². The van der Waals surface area contributed by atoms with Crippen molar-refractivity contribution in [2.24, 2.45) is 10.9 Å². The highest BCUT2D eigenvalue weighted by molar-refractivity contribution is 7.78. The molecule has 1 aliphatic rings. The lowest BCUT2D eigenvalue weighted by atomic mass is 10.0. The Hall–Kier alpha value is -1.36. The molecular formula is C12H11F5N2O2S2-2. The lowest BCUT2D eigenvalue weighted by molar-refractivity contribution is -0.117. The first kappa shape index (κ1) is 19.7. The lowest BCUT2D eigenvalue weighted by Gasteiger charge is -2.42. The highest BCUT2D eigenvalue weighted by Crippen LogP contribution is 2.36. The molecule has 1 aliphatic heterocycles. The van der Waals surface area contributed by atoms with E-state index in [1.807, 2.05) is 0 Å². The van der Waals surface area contributed by atoms with E-state index in [2.05, 4.69) is 30.2 Å². The van der Waals surface area contributed by atoms with Crippen molar-refractivity contribution in [2.75, 3.05) is 6.54 Å². The van der Waals surface area contributed by atoms with E-state index in [0.717, 1.165) is 0 Å². The Kier molecular flexibility index (Phi) is 6.02. The first-order valence-corrected chi connectivity index (χ1v) is 7.06. The van der Waals surface area contributed by atoms with E-state index in [9.17, 15) is 31.5 Å². The summed E-state index contributed by atoms with van der Waals surface area (Å²) in [6.45, 7) is 2.84. The van der Waals surface area contributed by atoms with Crippen LogP contribution in [-0.2, 0) is 34.8 Å². The lowest BCUT2D eigenvalue weighted by Crippen LogP contribution is -2.53. The molecule has 0 aromatic rings. The molecule has 1 atom stereocenters. The molecule has 0 amide bonds. The number of halogens is 5. The molecule has 130 valence electrons. The van der Waals surface area contributed by atoms with Gasteiger partial charge in [-0.25, -0.2) is 13.8 Å². The van der Waals surface area contributed by atoms with Crippen molar-refractivity contribution in [3.8, 4) is 0 Å². The van der Waals surface area contributed by atoms with Gasteiger partial charge in [-0.3, -0.25) is 0 Å². The van der Waals surface area contributed by atoms with Gasteiger partial charge >= 0.3 is 6.18 Å². The standard InChI is InChI=1S/C12H13F5N2O2S2/c1-4(2)3-19-6(10(20)22)5(9(13)14)18-8(12(15,16)17)7(19)11(21)23/h4,6,9H,3H2,1-2H3,(H,20,22)(H,21,23)/p-2. The van der Waals surface area contributed by atoms with Crippen LogP contribution in [-0.4, -0.2) is 46.0 Å². The van der Waals surface area contributed by atoms with E-state index in [4.69, 9.17) is 0 Å². The molecule has 0 aliphatic carbocycles. The van der Waals surface area contributed by atoms with Gasteiger partial charge in [0.05, 0.1) is 10.8 Å². The molecule has 0 aromatic heterocycles. The van der Waals surface area contributed by atoms with Gasteiger partial charge in [0.25, 0.3) is 6.43 Å². The van der Waals surface area contributed by atoms with Crippen LogP contribution in [0.2, 0.25) is 0 Å². The van der Waals surface area contributed by atoms with Gasteiger partial charge < -0.3 is 39.7 Å². The van der Waals surface area contributed by atoms with Gasteiger partial charge in [-0.15, -0.1) is 0 Å². The van der Waals surface area contributed by atoms with Gasteiger partial charge in [-0.2, -0.15) is 13.2 Å². The summed E-state index contributed by atoms with van der Waals surface area (Å²) in [5.41, 5.74) is -4.27. The van der Waals surface area contributed by atoms with Crippen molar-refractivity contribution in [2.45, 2.75) is 32.5 Å². The van der Waals surface area contributed by atoms with Crippen molar-refractivity contribution in [3.63, 3.8) is 0 Å². The molecule has 0 spiro atoms.